The first kappa shape index (κ1) is 19.3. The van der Waals surface area contributed by atoms with Crippen LogP contribution in [0.2, 0.25) is 0 Å². The fraction of sp³-hybridized carbons (Fsp3) is 1.00. The maximum atomic E-state index is 5.44. The van der Waals surface area contributed by atoms with Gasteiger partial charge in [-0.3, -0.25) is 0 Å². The van der Waals surface area contributed by atoms with E-state index in [0.29, 0.717) is 0 Å². The van der Waals surface area contributed by atoms with Crippen molar-refractivity contribution < 1.29 is 9.47 Å². The van der Waals surface area contributed by atoms with Gasteiger partial charge >= 0.3 is 0 Å². The molecule has 0 N–H and O–H groups in total. The van der Waals surface area contributed by atoms with E-state index in [-0.39, 0.29) is 0 Å². The predicted molar refractivity (Wildman–Crippen MR) is 76.7 cm³/mol. The minimum absolute atomic E-state index is 0.855. The molecule has 0 atom stereocenters. The van der Waals surface area contributed by atoms with Gasteiger partial charge in [-0.1, -0.05) is 46.5 Å². The van der Waals surface area contributed by atoms with E-state index in [4.69, 9.17) is 9.47 Å². The Morgan fingerprint density at radius 2 is 1.06 bits per heavy atom. The van der Waals surface area contributed by atoms with Gasteiger partial charge in [0.25, 0.3) is 0 Å². The second-order valence-electron chi connectivity index (χ2n) is 4.22. The van der Waals surface area contributed by atoms with Crippen LogP contribution in [-0.4, -0.2) is 26.4 Å². The molecule has 0 unspecified atom stereocenters. The Bertz CT molecular complexity index is 93.1. The molecule has 0 aromatic carbocycles. The Kier molecular flexibility index (Phi) is 24.1. The van der Waals surface area contributed by atoms with E-state index in [1.165, 1.54) is 38.5 Å². The first-order chi connectivity index (χ1) is 8.33. The van der Waals surface area contributed by atoms with Crippen LogP contribution in [0, 0.1) is 0 Å². The van der Waals surface area contributed by atoms with Gasteiger partial charge in [-0.15, -0.1) is 0 Å². The first-order valence-corrected chi connectivity index (χ1v) is 7.48. The number of rotatable bonds is 11. The van der Waals surface area contributed by atoms with Gasteiger partial charge in [-0.05, 0) is 26.2 Å². The molecule has 0 bridgehead atoms. The van der Waals surface area contributed by atoms with Gasteiger partial charge in [-0.2, -0.15) is 0 Å². The summed E-state index contributed by atoms with van der Waals surface area (Å²) in [4.78, 5) is 0. The Balaban J connectivity index is 0. The van der Waals surface area contributed by atoms with E-state index < -0.39 is 0 Å². The SMILES string of the molecule is CCCCCOCCCCC.CCCOCC. The lowest BCUT2D eigenvalue weighted by Gasteiger charge is -2.01. The molecular weight excluding hydrogens is 212 g/mol. The molecular formula is C15H34O2. The van der Waals surface area contributed by atoms with Crippen molar-refractivity contribution in [3.8, 4) is 0 Å². The van der Waals surface area contributed by atoms with Gasteiger partial charge < -0.3 is 9.47 Å². The summed E-state index contributed by atoms with van der Waals surface area (Å²) in [5, 5.41) is 0. The monoisotopic (exact) mass is 246 g/mol. The molecule has 106 valence electrons. The lowest BCUT2D eigenvalue weighted by atomic mass is 10.2. The first-order valence-electron chi connectivity index (χ1n) is 7.48. The molecule has 0 aromatic heterocycles. The van der Waals surface area contributed by atoms with Gasteiger partial charge in [0.2, 0.25) is 0 Å². The highest BCUT2D eigenvalue weighted by Gasteiger charge is 1.88. The summed E-state index contributed by atoms with van der Waals surface area (Å²) in [5.74, 6) is 0. The maximum Gasteiger partial charge on any atom is 0.0466 e. The van der Waals surface area contributed by atoms with E-state index in [0.717, 1.165) is 32.8 Å². The van der Waals surface area contributed by atoms with E-state index in [1.54, 1.807) is 0 Å². The second-order valence-corrected chi connectivity index (χ2v) is 4.22. The van der Waals surface area contributed by atoms with E-state index in [1.807, 2.05) is 6.92 Å². The number of hydrogen-bond acceptors (Lipinski definition) is 2. The zero-order valence-electron chi connectivity index (χ0n) is 12.6. The predicted octanol–water partition coefficient (Wildman–Crippen LogP) is 4.82. The van der Waals surface area contributed by atoms with Crippen molar-refractivity contribution >= 4 is 0 Å². The van der Waals surface area contributed by atoms with Gasteiger partial charge in [0.05, 0.1) is 0 Å². The van der Waals surface area contributed by atoms with Crippen molar-refractivity contribution in [2.75, 3.05) is 26.4 Å². The molecule has 0 rings (SSSR count). The zero-order chi connectivity index (χ0) is 13.2. The summed E-state index contributed by atoms with van der Waals surface area (Å²) in [6.07, 6.45) is 8.82. The van der Waals surface area contributed by atoms with Crippen molar-refractivity contribution in [3.05, 3.63) is 0 Å². The van der Waals surface area contributed by atoms with Gasteiger partial charge in [0.1, 0.15) is 0 Å². The van der Waals surface area contributed by atoms with Gasteiger partial charge in [0, 0.05) is 26.4 Å². The van der Waals surface area contributed by atoms with Crippen molar-refractivity contribution in [1.82, 2.24) is 0 Å². The molecule has 0 aromatic rings. The normalized spacial score (nSPS) is 9.88. The molecule has 0 saturated heterocycles. The van der Waals surface area contributed by atoms with Crippen LogP contribution in [0.25, 0.3) is 0 Å². The lowest BCUT2D eigenvalue weighted by Crippen LogP contribution is -1.96. The molecule has 0 spiro atoms. The van der Waals surface area contributed by atoms with Crippen LogP contribution in [0.15, 0.2) is 0 Å². The lowest BCUT2D eigenvalue weighted by molar-refractivity contribution is 0.126. The summed E-state index contributed by atoms with van der Waals surface area (Å²) >= 11 is 0. The fourth-order valence-corrected chi connectivity index (χ4v) is 1.30. The minimum Gasteiger partial charge on any atom is -0.382 e. The molecule has 2 heteroatoms. The summed E-state index contributed by atoms with van der Waals surface area (Å²) < 4.78 is 10.4. The summed E-state index contributed by atoms with van der Waals surface area (Å²) in [6.45, 7) is 12.3. The second kappa shape index (κ2) is 21.2. The van der Waals surface area contributed by atoms with Gasteiger partial charge in [-0.25, -0.2) is 0 Å². The average molecular weight is 246 g/mol. The van der Waals surface area contributed by atoms with Crippen LogP contribution in [-0.2, 0) is 9.47 Å². The van der Waals surface area contributed by atoms with Crippen molar-refractivity contribution in [3.63, 3.8) is 0 Å². The number of hydrogen-bond donors (Lipinski definition) is 0. The van der Waals surface area contributed by atoms with Crippen LogP contribution >= 0.6 is 0 Å². The maximum absolute atomic E-state index is 5.44. The van der Waals surface area contributed by atoms with Crippen LogP contribution < -0.4 is 0 Å². The van der Waals surface area contributed by atoms with E-state index in [2.05, 4.69) is 20.8 Å². The molecule has 17 heavy (non-hydrogen) atoms. The third-order valence-electron chi connectivity index (χ3n) is 2.34. The topological polar surface area (TPSA) is 18.5 Å². The third-order valence-corrected chi connectivity index (χ3v) is 2.34. The van der Waals surface area contributed by atoms with Crippen molar-refractivity contribution in [1.29, 1.82) is 0 Å². The standard InChI is InChI=1S/C10H22O.C5H12O/c1-3-5-7-9-11-10-8-6-4-2;1-3-5-6-4-2/h3-10H2,1-2H3;3-5H2,1-2H3. The Hall–Kier alpha value is -0.0800. The quantitative estimate of drug-likeness (QED) is 0.487. The molecule has 2 nitrogen and oxygen atoms in total. The van der Waals surface area contributed by atoms with Crippen molar-refractivity contribution in [2.24, 2.45) is 0 Å². The van der Waals surface area contributed by atoms with E-state index >= 15 is 0 Å². The molecule has 0 amide bonds. The Labute approximate surface area is 109 Å². The molecule has 0 saturated carbocycles. The highest BCUT2D eigenvalue weighted by Crippen LogP contribution is 1.97. The molecule has 0 radical (unpaired) electrons. The largest absolute Gasteiger partial charge is 0.382 e. The molecule has 0 aliphatic carbocycles. The Morgan fingerprint density at radius 3 is 1.35 bits per heavy atom. The zero-order valence-corrected chi connectivity index (χ0v) is 12.6. The number of unbranched alkanes of at least 4 members (excludes halogenated alkanes) is 4. The fourth-order valence-electron chi connectivity index (χ4n) is 1.30. The third kappa shape index (κ3) is 25.9. The number of ether oxygens (including phenoxy) is 2. The summed E-state index contributed by atoms with van der Waals surface area (Å²) in [7, 11) is 0. The molecule has 0 fully saturated rings. The van der Waals surface area contributed by atoms with Crippen molar-refractivity contribution in [2.45, 2.75) is 72.6 Å². The minimum atomic E-state index is 0.855. The molecule has 0 aliphatic rings. The highest BCUT2D eigenvalue weighted by atomic mass is 16.5. The molecule has 0 heterocycles. The summed E-state index contributed by atoms with van der Waals surface area (Å²) in [5.41, 5.74) is 0. The van der Waals surface area contributed by atoms with Gasteiger partial charge in [0.15, 0.2) is 0 Å². The highest BCUT2D eigenvalue weighted by molar-refractivity contribution is 4.38. The smallest absolute Gasteiger partial charge is 0.0466 e. The summed E-state index contributed by atoms with van der Waals surface area (Å²) in [6, 6.07) is 0. The van der Waals surface area contributed by atoms with Crippen LogP contribution in [0.3, 0.4) is 0 Å². The van der Waals surface area contributed by atoms with Crippen LogP contribution in [0.4, 0.5) is 0 Å². The average Bonchev–Trinajstić information content (AvgIpc) is 2.36. The van der Waals surface area contributed by atoms with E-state index in [9.17, 15) is 0 Å². The van der Waals surface area contributed by atoms with Crippen LogP contribution in [0.5, 0.6) is 0 Å². The Morgan fingerprint density at radius 1 is 0.529 bits per heavy atom. The van der Waals surface area contributed by atoms with Crippen LogP contribution in [0.1, 0.15) is 72.6 Å². The molecule has 0 aliphatic heterocycles.